The van der Waals surface area contributed by atoms with Crippen molar-refractivity contribution in [3.05, 3.63) is 40.2 Å². The predicted molar refractivity (Wildman–Crippen MR) is 75.9 cm³/mol. The van der Waals surface area contributed by atoms with Crippen LogP contribution in [0, 0.1) is 13.8 Å². The van der Waals surface area contributed by atoms with Gasteiger partial charge in [-0.25, -0.2) is 0 Å². The topological polar surface area (TPSA) is 55.9 Å². The first-order valence-electron chi connectivity index (χ1n) is 5.76. The van der Waals surface area contributed by atoms with Gasteiger partial charge in [0.1, 0.15) is 0 Å². The highest BCUT2D eigenvalue weighted by atomic mass is 35.5. The molecule has 4 nitrogen and oxygen atoms in total. The summed E-state index contributed by atoms with van der Waals surface area (Å²) in [7, 11) is 1.93. The van der Waals surface area contributed by atoms with Crippen LogP contribution in [-0.4, -0.2) is 9.78 Å². The molecule has 2 aromatic rings. The van der Waals surface area contributed by atoms with Crippen molar-refractivity contribution in [1.82, 2.24) is 9.78 Å². The van der Waals surface area contributed by atoms with Crippen LogP contribution >= 0.6 is 11.6 Å². The van der Waals surface area contributed by atoms with Crippen LogP contribution in [0.5, 0.6) is 0 Å². The summed E-state index contributed by atoms with van der Waals surface area (Å²) in [5, 5.41) is 8.15. The molecular weight excluding hydrogens is 248 g/mol. The van der Waals surface area contributed by atoms with E-state index in [2.05, 4.69) is 10.4 Å². The Morgan fingerprint density at radius 3 is 2.72 bits per heavy atom. The second-order valence-corrected chi connectivity index (χ2v) is 4.83. The van der Waals surface area contributed by atoms with Gasteiger partial charge in [0.15, 0.2) is 0 Å². The molecule has 0 aliphatic carbocycles. The first-order valence-corrected chi connectivity index (χ1v) is 6.14. The van der Waals surface area contributed by atoms with E-state index in [-0.39, 0.29) is 0 Å². The summed E-state index contributed by atoms with van der Waals surface area (Å²) < 4.78 is 1.86. The van der Waals surface area contributed by atoms with E-state index in [1.165, 1.54) is 5.56 Å². The Labute approximate surface area is 112 Å². The maximum atomic E-state index is 6.02. The van der Waals surface area contributed by atoms with Crippen LogP contribution < -0.4 is 11.1 Å². The summed E-state index contributed by atoms with van der Waals surface area (Å²) in [4.78, 5) is 0. The molecule has 96 valence electrons. The van der Waals surface area contributed by atoms with E-state index in [1.54, 1.807) is 0 Å². The van der Waals surface area contributed by atoms with Crippen molar-refractivity contribution in [3.8, 4) is 0 Å². The van der Waals surface area contributed by atoms with Crippen molar-refractivity contribution in [2.24, 2.45) is 7.05 Å². The fourth-order valence-electron chi connectivity index (χ4n) is 1.80. The third kappa shape index (κ3) is 2.43. The monoisotopic (exact) mass is 264 g/mol. The van der Waals surface area contributed by atoms with Gasteiger partial charge >= 0.3 is 0 Å². The number of hydrogen-bond acceptors (Lipinski definition) is 3. The van der Waals surface area contributed by atoms with Gasteiger partial charge in [-0.2, -0.15) is 5.10 Å². The van der Waals surface area contributed by atoms with Gasteiger partial charge in [0.2, 0.25) is 0 Å². The van der Waals surface area contributed by atoms with Crippen LogP contribution in [0.4, 0.5) is 11.4 Å². The maximum Gasteiger partial charge on any atom is 0.0656 e. The molecule has 0 aliphatic heterocycles. The maximum absolute atomic E-state index is 6.02. The normalized spacial score (nSPS) is 10.7. The van der Waals surface area contributed by atoms with E-state index >= 15 is 0 Å². The summed E-state index contributed by atoms with van der Waals surface area (Å²) >= 11 is 6.02. The average Bonchev–Trinajstić information content (AvgIpc) is 2.63. The largest absolute Gasteiger partial charge is 0.398 e. The van der Waals surface area contributed by atoms with Crippen molar-refractivity contribution in [2.75, 3.05) is 11.1 Å². The van der Waals surface area contributed by atoms with E-state index in [9.17, 15) is 0 Å². The number of aryl methyl sites for hydroxylation is 2. The minimum absolute atomic E-state index is 0.575. The zero-order valence-corrected chi connectivity index (χ0v) is 11.5. The number of nitrogen functional groups attached to an aromatic ring is 1. The number of hydrogen-bond donors (Lipinski definition) is 2. The first-order chi connectivity index (χ1) is 8.49. The number of aromatic nitrogens is 2. The highest BCUT2D eigenvalue weighted by Crippen LogP contribution is 2.27. The minimum Gasteiger partial charge on any atom is -0.398 e. The van der Waals surface area contributed by atoms with Crippen molar-refractivity contribution < 1.29 is 0 Å². The summed E-state index contributed by atoms with van der Waals surface area (Å²) in [5.41, 5.74) is 10.8. The molecule has 18 heavy (non-hydrogen) atoms. The first kappa shape index (κ1) is 12.8. The van der Waals surface area contributed by atoms with Gasteiger partial charge in [-0.3, -0.25) is 4.68 Å². The van der Waals surface area contributed by atoms with Crippen LogP contribution in [0.25, 0.3) is 0 Å². The summed E-state index contributed by atoms with van der Waals surface area (Å²) in [5.74, 6) is 0. The van der Waals surface area contributed by atoms with E-state index in [0.717, 1.165) is 23.5 Å². The van der Waals surface area contributed by atoms with Gasteiger partial charge in [-0.15, -0.1) is 0 Å². The molecule has 0 fully saturated rings. The quantitative estimate of drug-likeness (QED) is 0.838. The third-order valence-electron chi connectivity index (χ3n) is 3.15. The van der Waals surface area contributed by atoms with Gasteiger partial charge < -0.3 is 11.1 Å². The fourth-order valence-corrected chi connectivity index (χ4v) is 1.97. The van der Waals surface area contributed by atoms with E-state index in [1.807, 2.05) is 43.9 Å². The number of nitrogens with two attached hydrogens (primary N) is 1. The SMILES string of the molecule is Cc1cc(N)c(Cl)cc1NCc1cnn(C)c1C. The lowest BCUT2D eigenvalue weighted by Gasteiger charge is -2.11. The second kappa shape index (κ2) is 4.90. The highest BCUT2D eigenvalue weighted by molar-refractivity contribution is 6.33. The summed E-state index contributed by atoms with van der Waals surface area (Å²) in [6.45, 7) is 4.78. The third-order valence-corrected chi connectivity index (χ3v) is 3.48. The summed E-state index contributed by atoms with van der Waals surface area (Å²) in [6.07, 6.45) is 1.87. The molecule has 1 aromatic heterocycles. The van der Waals surface area contributed by atoms with E-state index in [0.29, 0.717) is 10.7 Å². The predicted octanol–water partition coefficient (Wildman–Crippen LogP) is 2.88. The van der Waals surface area contributed by atoms with Gasteiger partial charge in [0.25, 0.3) is 0 Å². The highest BCUT2D eigenvalue weighted by Gasteiger charge is 2.06. The van der Waals surface area contributed by atoms with Crippen molar-refractivity contribution in [2.45, 2.75) is 20.4 Å². The van der Waals surface area contributed by atoms with Gasteiger partial charge in [0, 0.05) is 30.5 Å². The molecule has 1 heterocycles. The smallest absolute Gasteiger partial charge is 0.0656 e. The van der Waals surface area contributed by atoms with Crippen LogP contribution in [0.2, 0.25) is 5.02 Å². The minimum atomic E-state index is 0.575. The number of benzene rings is 1. The Kier molecular flexibility index (Phi) is 3.48. The molecule has 3 N–H and O–H groups in total. The number of nitrogens with one attached hydrogen (secondary N) is 1. The Morgan fingerprint density at radius 1 is 1.39 bits per heavy atom. The zero-order valence-electron chi connectivity index (χ0n) is 10.8. The molecule has 0 atom stereocenters. The average molecular weight is 265 g/mol. The molecule has 0 amide bonds. The number of halogens is 1. The lowest BCUT2D eigenvalue weighted by atomic mass is 10.1. The van der Waals surface area contributed by atoms with Gasteiger partial charge in [-0.1, -0.05) is 11.6 Å². The number of nitrogens with zero attached hydrogens (tertiary/aromatic N) is 2. The van der Waals surface area contributed by atoms with Crippen LogP contribution in [-0.2, 0) is 13.6 Å². The summed E-state index contributed by atoms with van der Waals surface area (Å²) in [6, 6.07) is 3.73. The number of rotatable bonds is 3. The number of anilines is 2. The zero-order chi connectivity index (χ0) is 13.3. The molecule has 0 unspecified atom stereocenters. The van der Waals surface area contributed by atoms with Crippen LogP contribution in [0.1, 0.15) is 16.8 Å². The molecule has 5 heteroatoms. The Bertz CT molecular complexity index is 575. The molecule has 0 radical (unpaired) electrons. The molecule has 0 spiro atoms. The van der Waals surface area contributed by atoms with E-state index < -0.39 is 0 Å². The van der Waals surface area contributed by atoms with Crippen LogP contribution in [0.15, 0.2) is 18.3 Å². The molecule has 1 aromatic carbocycles. The Morgan fingerprint density at radius 2 is 2.11 bits per heavy atom. The van der Waals surface area contributed by atoms with Crippen molar-refractivity contribution >= 4 is 23.0 Å². The lowest BCUT2D eigenvalue weighted by molar-refractivity contribution is 0.738. The van der Waals surface area contributed by atoms with Crippen molar-refractivity contribution in [3.63, 3.8) is 0 Å². The Hall–Kier alpha value is -1.68. The molecule has 0 bridgehead atoms. The molecule has 0 saturated heterocycles. The van der Waals surface area contributed by atoms with Gasteiger partial charge in [0.05, 0.1) is 16.9 Å². The van der Waals surface area contributed by atoms with Crippen LogP contribution in [0.3, 0.4) is 0 Å². The second-order valence-electron chi connectivity index (χ2n) is 4.42. The van der Waals surface area contributed by atoms with E-state index in [4.69, 9.17) is 17.3 Å². The molecular formula is C13H17ClN4. The molecule has 2 rings (SSSR count). The molecule has 0 saturated carbocycles. The van der Waals surface area contributed by atoms with Gasteiger partial charge in [-0.05, 0) is 31.5 Å². The molecule has 0 aliphatic rings. The fraction of sp³-hybridized carbons (Fsp3) is 0.308. The standard InChI is InChI=1S/C13H17ClN4/c1-8-4-12(15)11(14)5-13(8)16-6-10-7-17-18(3)9(10)2/h4-5,7,16H,6,15H2,1-3H3. The Balaban J connectivity index is 2.16. The van der Waals surface area contributed by atoms with Crippen molar-refractivity contribution in [1.29, 1.82) is 0 Å². The lowest BCUT2D eigenvalue weighted by Crippen LogP contribution is -2.03.